The molecule has 0 saturated heterocycles. The summed E-state index contributed by atoms with van der Waals surface area (Å²) in [7, 11) is 0. The first kappa shape index (κ1) is 13.3. The highest BCUT2D eigenvalue weighted by molar-refractivity contribution is 5.96. The first-order chi connectivity index (χ1) is 10.0. The van der Waals surface area contributed by atoms with E-state index in [9.17, 15) is 4.79 Å². The lowest BCUT2D eigenvalue weighted by molar-refractivity contribution is -0.118. The largest absolute Gasteiger partial charge is 0.481 e. The Morgan fingerprint density at radius 2 is 1.95 bits per heavy atom. The lowest BCUT2D eigenvalue weighted by Gasteiger charge is -2.20. The van der Waals surface area contributed by atoms with Crippen molar-refractivity contribution in [3.05, 3.63) is 41.5 Å². The number of nitrogens with one attached hydrogen (secondary N) is 1. The van der Waals surface area contributed by atoms with Crippen LogP contribution in [0.15, 0.2) is 30.3 Å². The Bertz CT molecular complexity index is 705. The number of carbonyl (C=O) groups is 1. The standard InChI is InChI=1S/C16H16N2O3/c1-9-4-3-5-10(2)16(9)21-13-7-12-14(6-11(13)17)20-8-15(19)18-12/h3-7H,8,17H2,1-2H3,(H,18,19). The van der Waals surface area contributed by atoms with Gasteiger partial charge in [-0.25, -0.2) is 0 Å². The topological polar surface area (TPSA) is 73.6 Å². The van der Waals surface area contributed by atoms with Crippen LogP contribution in [0.25, 0.3) is 0 Å². The number of amides is 1. The molecule has 108 valence electrons. The number of anilines is 2. The molecule has 3 rings (SSSR count). The van der Waals surface area contributed by atoms with Gasteiger partial charge in [-0.05, 0) is 25.0 Å². The molecule has 0 atom stereocenters. The van der Waals surface area contributed by atoms with Crippen LogP contribution in [0.1, 0.15) is 11.1 Å². The van der Waals surface area contributed by atoms with Crippen molar-refractivity contribution in [1.29, 1.82) is 0 Å². The zero-order chi connectivity index (χ0) is 15.0. The normalized spacial score (nSPS) is 13.1. The predicted octanol–water partition coefficient (Wildman–Crippen LogP) is 3.01. The van der Waals surface area contributed by atoms with E-state index in [0.29, 0.717) is 22.9 Å². The van der Waals surface area contributed by atoms with E-state index in [1.807, 2.05) is 32.0 Å². The van der Waals surface area contributed by atoms with Crippen molar-refractivity contribution in [3.63, 3.8) is 0 Å². The van der Waals surface area contributed by atoms with Crippen molar-refractivity contribution in [1.82, 2.24) is 0 Å². The van der Waals surface area contributed by atoms with Gasteiger partial charge in [-0.15, -0.1) is 0 Å². The van der Waals surface area contributed by atoms with Gasteiger partial charge in [0.05, 0.1) is 11.4 Å². The van der Waals surface area contributed by atoms with Gasteiger partial charge in [-0.2, -0.15) is 0 Å². The lowest BCUT2D eigenvalue weighted by atomic mass is 10.1. The molecule has 0 aromatic heterocycles. The fourth-order valence-corrected chi connectivity index (χ4v) is 2.28. The van der Waals surface area contributed by atoms with Crippen molar-refractivity contribution in [2.24, 2.45) is 0 Å². The van der Waals surface area contributed by atoms with Gasteiger partial charge in [-0.1, -0.05) is 18.2 Å². The van der Waals surface area contributed by atoms with Gasteiger partial charge in [0.1, 0.15) is 11.5 Å². The summed E-state index contributed by atoms with van der Waals surface area (Å²) < 4.78 is 11.3. The van der Waals surface area contributed by atoms with E-state index in [1.54, 1.807) is 12.1 Å². The van der Waals surface area contributed by atoms with Gasteiger partial charge < -0.3 is 20.5 Å². The number of aryl methyl sites for hydroxylation is 2. The minimum absolute atomic E-state index is 0.00352. The molecule has 0 fully saturated rings. The molecule has 0 bridgehead atoms. The Labute approximate surface area is 122 Å². The fourth-order valence-electron chi connectivity index (χ4n) is 2.28. The Kier molecular flexibility index (Phi) is 3.17. The molecule has 0 saturated carbocycles. The van der Waals surface area contributed by atoms with Crippen LogP contribution in [-0.4, -0.2) is 12.5 Å². The SMILES string of the molecule is Cc1cccc(C)c1Oc1cc2c(cc1N)OCC(=O)N2. The third kappa shape index (κ3) is 2.50. The number of benzene rings is 2. The number of nitrogen functional groups attached to an aromatic ring is 1. The molecular formula is C16H16N2O3. The molecule has 3 N–H and O–H groups in total. The average molecular weight is 284 g/mol. The van der Waals surface area contributed by atoms with Gasteiger partial charge in [0.2, 0.25) is 0 Å². The summed E-state index contributed by atoms with van der Waals surface area (Å²) in [6, 6.07) is 9.27. The Hall–Kier alpha value is -2.69. The van der Waals surface area contributed by atoms with E-state index in [-0.39, 0.29) is 12.5 Å². The summed E-state index contributed by atoms with van der Waals surface area (Å²) in [5, 5.41) is 2.74. The van der Waals surface area contributed by atoms with Crippen molar-refractivity contribution in [2.45, 2.75) is 13.8 Å². The van der Waals surface area contributed by atoms with Crippen molar-refractivity contribution >= 4 is 17.3 Å². The summed E-state index contributed by atoms with van der Waals surface area (Å²) in [6.45, 7) is 3.95. The highest BCUT2D eigenvalue weighted by Crippen LogP contribution is 2.39. The van der Waals surface area contributed by atoms with E-state index >= 15 is 0 Å². The molecule has 2 aromatic rings. The number of fused-ring (bicyclic) bond motifs is 1. The van der Waals surface area contributed by atoms with Crippen LogP contribution in [-0.2, 0) is 4.79 Å². The molecule has 1 aliphatic rings. The van der Waals surface area contributed by atoms with Crippen LogP contribution in [0.2, 0.25) is 0 Å². The molecule has 1 heterocycles. The smallest absolute Gasteiger partial charge is 0.262 e. The van der Waals surface area contributed by atoms with Gasteiger partial charge >= 0.3 is 0 Å². The van der Waals surface area contributed by atoms with E-state index < -0.39 is 0 Å². The average Bonchev–Trinajstić information content (AvgIpc) is 2.44. The maximum atomic E-state index is 11.4. The van der Waals surface area contributed by atoms with Crippen molar-refractivity contribution in [2.75, 3.05) is 17.7 Å². The van der Waals surface area contributed by atoms with Gasteiger partial charge in [-0.3, -0.25) is 4.79 Å². The van der Waals surface area contributed by atoms with Crippen LogP contribution >= 0.6 is 0 Å². The van der Waals surface area contributed by atoms with Crippen molar-refractivity contribution < 1.29 is 14.3 Å². The number of para-hydroxylation sites is 1. The Morgan fingerprint density at radius 1 is 1.24 bits per heavy atom. The van der Waals surface area contributed by atoms with Crippen LogP contribution in [0.3, 0.4) is 0 Å². The molecule has 0 aliphatic carbocycles. The number of rotatable bonds is 2. The second-order valence-electron chi connectivity index (χ2n) is 5.05. The maximum absolute atomic E-state index is 11.4. The quantitative estimate of drug-likeness (QED) is 0.831. The zero-order valence-electron chi connectivity index (χ0n) is 11.9. The highest BCUT2D eigenvalue weighted by atomic mass is 16.5. The van der Waals surface area contributed by atoms with E-state index in [1.165, 1.54) is 0 Å². The maximum Gasteiger partial charge on any atom is 0.262 e. The van der Waals surface area contributed by atoms with Crippen LogP contribution in [0.4, 0.5) is 11.4 Å². The minimum Gasteiger partial charge on any atom is -0.481 e. The summed E-state index contributed by atoms with van der Waals surface area (Å²) in [5.74, 6) is 1.63. The monoisotopic (exact) mass is 284 g/mol. The van der Waals surface area contributed by atoms with Gasteiger partial charge in [0, 0.05) is 12.1 Å². The molecule has 5 nitrogen and oxygen atoms in total. The van der Waals surface area contributed by atoms with Gasteiger partial charge in [0.25, 0.3) is 5.91 Å². The van der Waals surface area contributed by atoms with Gasteiger partial charge in [0.15, 0.2) is 12.4 Å². The second kappa shape index (κ2) is 5.01. The summed E-state index contributed by atoms with van der Waals surface area (Å²) in [5.41, 5.74) is 9.09. The Balaban J connectivity index is 1.99. The molecular weight excluding hydrogens is 268 g/mol. The molecule has 21 heavy (non-hydrogen) atoms. The molecule has 1 amide bonds. The highest BCUT2D eigenvalue weighted by Gasteiger charge is 2.19. The number of nitrogens with two attached hydrogens (primary N) is 1. The lowest BCUT2D eigenvalue weighted by Crippen LogP contribution is -2.25. The zero-order valence-corrected chi connectivity index (χ0v) is 11.9. The predicted molar refractivity (Wildman–Crippen MR) is 81.0 cm³/mol. The van der Waals surface area contributed by atoms with Crippen LogP contribution < -0.4 is 20.5 Å². The molecule has 0 unspecified atom stereocenters. The van der Waals surface area contributed by atoms with Crippen molar-refractivity contribution in [3.8, 4) is 17.2 Å². The van der Waals surface area contributed by atoms with E-state index in [2.05, 4.69) is 5.32 Å². The number of carbonyl (C=O) groups excluding carboxylic acids is 1. The first-order valence-electron chi connectivity index (χ1n) is 6.65. The summed E-state index contributed by atoms with van der Waals surface area (Å²) >= 11 is 0. The molecule has 0 radical (unpaired) electrons. The fraction of sp³-hybridized carbons (Fsp3) is 0.188. The molecule has 5 heteroatoms. The number of ether oxygens (including phenoxy) is 2. The third-order valence-corrected chi connectivity index (χ3v) is 3.37. The third-order valence-electron chi connectivity index (χ3n) is 3.37. The Morgan fingerprint density at radius 3 is 2.67 bits per heavy atom. The molecule has 1 aliphatic heterocycles. The first-order valence-corrected chi connectivity index (χ1v) is 6.65. The van der Waals surface area contributed by atoms with E-state index in [0.717, 1.165) is 16.9 Å². The number of hydrogen-bond acceptors (Lipinski definition) is 4. The molecule has 0 spiro atoms. The second-order valence-corrected chi connectivity index (χ2v) is 5.05. The summed E-state index contributed by atoms with van der Waals surface area (Å²) in [6.07, 6.45) is 0. The van der Waals surface area contributed by atoms with E-state index in [4.69, 9.17) is 15.2 Å². The number of hydrogen-bond donors (Lipinski definition) is 2. The minimum atomic E-state index is -0.190. The van der Waals surface area contributed by atoms with Crippen LogP contribution in [0, 0.1) is 13.8 Å². The van der Waals surface area contributed by atoms with Crippen LogP contribution in [0.5, 0.6) is 17.2 Å². The molecule has 2 aromatic carbocycles. The summed E-state index contributed by atoms with van der Waals surface area (Å²) in [4.78, 5) is 11.4.